The molecule has 1 unspecified atom stereocenters. The van der Waals surface area contributed by atoms with Gasteiger partial charge in [-0.1, -0.05) is 6.92 Å². The SMILES string of the molecule is CC(CNC(=O)CCCCN)CN1CCCC1. The Morgan fingerprint density at radius 3 is 2.71 bits per heavy atom. The van der Waals surface area contributed by atoms with E-state index in [1.54, 1.807) is 0 Å². The van der Waals surface area contributed by atoms with E-state index in [1.807, 2.05) is 0 Å². The summed E-state index contributed by atoms with van der Waals surface area (Å²) in [5.41, 5.74) is 5.39. The molecule has 1 saturated heterocycles. The van der Waals surface area contributed by atoms with Gasteiger partial charge in [-0.2, -0.15) is 0 Å². The molecule has 0 spiro atoms. The highest BCUT2D eigenvalue weighted by Crippen LogP contribution is 2.09. The van der Waals surface area contributed by atoms with Crippen LogP contribution < -0.4 is 11.1 Å². The van der Waals surface area contributed by atoms with Crippen molar-refractivity contribution in [3.05, 3.63) is 0 Å². The molecule has 0 radical (unpaired) electrons. The third-order valence-corrected chi connectivity index (χ3v) is 3.27. The van der Waals surface area contributed by atoms with Gasteiger partial charge in [0.05, 0.1) is 0 Å². The van der Waals surface area contributed by atoms with E-state index < -0.39 is 0 Å². The molecule has 1 aliphatic heterocycles. The molecular weight excluding hydrogens is 214 g/mol. The minimum absolute atomic E-state index is 0.173. The summed E-state index contributed by atoms with van der Waals surface area (Å²) in [6.45, 7) is 7.27. The Hall–Kier alpha value is -0.610. The van der Waals surface area contributed by atoms with Gasteiger partial charge in [-0.05, 0) is 51.2 Å². The van der Waals surface area contributed by atoms with E-state index in [1.165, 1.54) is 25.9 Å². The van der Waals surface area contributed by atoms with Crippen molar-refractivity contribution in [3.63, 3.8) is 0 Å². The van der Waals surface area contributed by atoms with E-state index in [9.17, 15) is 4.79 Å². The molecule has 3 N–H and O–H groups in total. The minimum atomic E-state index is 0.173. The molecule has 0 aromatic rings. The standard InChI is InChI=1S/C13H27N3O/c1-12(11-16-8-4-5-9-16)10-15-13(17)6-2-3-7-14/h12H,2-11,14H2,1H3,(H,15,17). The lowest BCUT2D eigenvalue weighted by molar-refractivity contribution is -0.121. The Kier molecular flexibility index (Phi) is 7.21. The number of likely N-dealkylation sites (tertiary alicyclic amines) is 1. The fourth-order valence-corrected chi connectivity index (χ4v) is 2.28. The maximum Gasteiger partial charge on any atom is 0.220 e. The van der Waals surface area contributed by atoms with Crippen LogP contribution in [0.3, 0.4) is 0 Å². The first kappa shape index (κ1) is 14.5. The van der Waals surface area contributed by atoms with Crippen LogP contribution in [-0.2, 0) is 4.79 Å². The largest absolute Gasteiger partial charge is 0.356 e. The molecule has 0 aliphatic carbocycles. The topological polar surface area (TPSA) is 58.4 Å². The molecule has 100 valence electrons. The molecule has 0 aromatic heterocycles. The van der Waals surface area contributed by atoms with Crippen LogP contribution in [0.2, 0.25) is 0 Å². The van der Waals surface area contributed by atoms with Crippen LogP contribution in [0.4, 0.5) is 0 Å². The van der Waals surface area contributed by atoms with Crippen molar-refractivity contribution < 1.29 is 4.79 Å². The van der Waals surface area contributed by atoms with Gasteiger partial charge >= 0.3 is 0 Å². The summed E-state index contributed by atoms with van der Waals surface area (Å²) < 4.78 is 0. The van der Waals surface area contributed by atoms with Gasteiger partial charge < -0.3 is 16.0 Å². The Balaban J connectivity index is 2.01. The Morgan fingerprint density at radius 2 is 2.06 bits per heavy atom. The summed E-state index contributed by atoms with van der Waals surface area (Å²) in [5, 5.41) is 3.01. The summed E-state index contributed by atoms with van der Waals surface area (Å²) in [4.78, 5) is 14.0. The maximum absolute atomic E-state index is 11.5. The number of hydrogen-bond donors (Lipinski definition) is 2. The molecule has 1 aliphatic rings. The van der Waals surface area contributed by atoms with Gasteiger partial charge in [-0.15, -0.1) is 0 Å². The number of rotatable bonds is 8. The van der Waals surface area contributed by atoms with E-state index in [0.29, 0.717) is 18.9 Å². The summed E-state index contributed by atoms with van der Waals surface area (Å²) in [7, 11) is 0. The number of nitrogens with one attached hydrogen (secondary N) is 1. The van der Waals surface area contributed by atoms with Gasteiger partial charge in [0.25, 0.3) is 0 Å². The fraction of sp³-hybridized carbons (Fsp3) is 0.923. The van der Waals surface area contributed by atoms with E-state index in [4.69, 9.17) is 5.73 Å². The number of hydrogen-bond acceptors (Lipinski definition) is 3. The van der Waals surface area contributed by atoms with Crippen LogP contribution >= 0.6 is 0 Å². The van der Waals surface area contributed by atoms with E-state index in [2.05, 4.69) is 17.1 Å². The zero-order valence-corrected chi connectivity index (χ0v) is 11.1. The average molecular weight is 241 g/mol. The molecule has 4 nitrogen and oxygen atoms in total. The van der Waals surface area contributed by atoms with Crippen LogP contribution in [0, 0.1) is 5.92 Å². The second-order valence-corrected chi connectivity index (χ2v) is 5.16. The van der Waals surface area contributed by atoms with Crippen LogP contribution in [0.1, 0.15) is 39.0 Å². The summed E-state index contributed by atoms with van der Waals surface area (Å²) >= 11 is 0. The molecule has 17 heavy (non-hydrogen) atoms. The van der Waals surface area contributed by atoms with Crippen molar-refractivity contribution in [2.75, 3.05) is 32.7 Å². The maximum atomic E-state index is 11.5. The second-order valence-electron chi connectivity index (χ2n) is 5.16. The highest BCUT2D eigenvalue weighted by atomic mass is 16.1. The second kappa shape index (κ2) is 8.48. The summed E-state index contributed by atoms with van der Waals surface area (Å²) in [5.74, 6) is 0.721. The molecule has 0 saturated carbocycles. The molecule has 1 atom stereocenters. The van der Waals surface area contributed by atoms with Gasteiger partial charge in [-0.25, -0.2) is 0 Å². The Morgan fingerprint density at radius 1 is 1.35 bits per heavy atom. The Bertz CT molecular complexity index is 215. The van der Waals surface area contributed by atoms with Crippen molar-refractivity contribution >= 4 is 5.91 Å². The quantitative estimate of drug-likeness (QED) is 0.622. The number of carbonyl (C=O) groups excluding carboxylic acids is 1. The van der Waals surface area contributed by atoms with Crippen molar-refractivity contribution in [1.29, 1.82) is 0 Å². The average Bonchev–Trinajstić information content (AvgIpc) is 2.79. The van der Waals surface area contributed by atoms with E-state index in [0.717, 1.165) is 25.9 Å². The molecule has 0 aromatic carbocycles. The first-order valence-electron chi connectivity index (χ1n) is 6.91. The number of amides is 1. The Labute approximate surface area is 105 Å². The molecule has 4 heteroatoms. The van der Waals surface area contributed by atoms with Gasteiger partial charge in [0.15, 0.2) is 0 Å². The lowest BCUT2D eigenvalue weighted by atomic mass is 10.1. The monoisotopic (exact) mass is 241 g/mol. The van der Waals surface area contributed by atoms with Crippen LogP contribution in [0.25, 0.3) is 0 Å². The molecule has 1 heterocycles. The number of nitrogens with zero attached hydrogens (tertiary/aromatic N) is 1. The third-order valence-electron chi connectivity index (χ3n) is 3.27. The normalized spacial score (nSPS) is 18.2. The highest BCUT2D eigenvalue weighted by Gasteiger charge is 2.14. The van der Waals surface area contributed by atoms with Gasteiger partial charge in [0, 0.05) is 19.5 Å². The van der Waals surface area contributed by atoms with Crippen molar-refractivity contribution in [2.24, 2.45) is 11.7 Å². The van der Waals surface area contributed by atoms with Crippen molar-refractivity contribution in [2.45, 2.75) is 39.0 Å². The predicted octanol–water partition coefficient (Wildman–Crippen LogP) is 0.964. The number of nitrogens with two attached hydrogens (primary N) is 1. The van der Waals surface area contributed by atoms with E-state index >= 15 is 0 Å². The summed E-state index contributed by atoms with van der Waals surface area (Å²) in [6.07, 6.45) is 5.13. The zero-order valence-electron chi connectivity index (χ0n) is 11.1. The van der Waals surface area contributed by atoms with E-state index in [-0.39, 0.29) is 5.91 Å². The molecule has 1 rings (SSSR count). The first-order valence-corrected chi connectivity index (χ1v) is 6.91. The predicted molar refractivity (Wildman–Crippen MR) is 70.8 cm³/mol. The number of unbranched alkanes of at least 4 members (excludes halogenated alkanes) is 1. The minimum Gasteiger partial charge on any atom is -0.356 e. The van der Waals surface area contributed by atoms with Gasteiger partial charge in [0.2, 0.25) is 5.91 Å². The van der Waals surface area contributed by atoms with Crippen LogP contribution in [-0.4, -0.2) is 43.5 Å². The fourth-order valence-electron chi connectivity index (χ4n) is 2.28. The molecular formula is C13H27N3O. The van der Waals surface area contributed by atoms with Crippen molar-refractivity contribution in [3.8, 4) is 0 Å². The number of carbonyl (C=O) groups is 1. The molecule has 0 bridgehead atoms. The van der Waals surface area contributed by atoms with Gasteiger partial charge in [-0.3, -0.25) is 4.79 Å². The van der Waals surface area contributed by atoms with Crippen LogP contribution in [0.15, 0.2) is 0 Å². The summed E-state index contributed by atoms with van der Waals surface area (Å²) in [6, 6.07) is 0. The lowest BCUT2D eigenvalue weighted by Gasteiger charge is -2.20. The molecule has 1 fully saturated rings. The van der Waals surface area contributed by atoms with Crippen molar-refractivity contribution in [1.82, 2.24) is 10.2 Å². The lowest BCUT2D eigenvalue weighted by Crippen LogP contribution is -2.34. The highest BCUT2D eigenvalue weighted by molar-refractivity contribution is 5.75. The van der Waals surface area contributed by atoms with Gasteiger partial charge in [0.1, 0.15) is 0 Å². The smallest absolute Gasteiger partial charge is 0.220 e. The first-order chi connectivity index (χ1) is 8.22. The third kappa shape index (κ3) is 6.64. The molecule has 1 amide bonds. The zero-order chi connectivity index (χ0) is 12.5. The van der Waals surface area contributed by atoms with Crippen LogP contribution in [0.5, 0.6) is 0 Å².